The topological polar surface area (TPSA) is 45.9 Å². The van der Waals surface area contributed by atoms with Crippen LogP contribution in [0.1, 0.15) is 50.1 Å². The molecule has 0 aliphatic rings. The highest BCUT2D eigenvalue weighted by Crippen LogP contribution is 2.40. The summed E-state index contributed by atoms with van der Waals surface area (Å²) in [6, 6.07) is 8.35. The molecule has 0 spiro atoms. The number of rotatable bonds is 4. The summed E-state index contributed by atoms with van der Waals surface area (Å²) in [5.74, 6) is 1.17. The number of aryl methyl sites for hydroxylation is 2. The summed E-state index contributed by atoms with van der Waals surface area (Å²) >= 11 is 1.26. The monoisotopic (exact) mass is 314 g/mol. The second kappa shape index (κ2) is 6.10. The molecule has 0 unspecified atom stereocenters. The van der Waals surface area contributed by atoms with E-state index in [1.807, 2.05) is 32.0 Å². The van der Waals surface area contributed by atoms with Crippen molar-refractivity contribution in [2.45, 2.75) is 47.0 Å². The Kier molecular flexibility index (Phi) is 4.58. The molecule has 2 rings (SSSR count). The molecule has 1 heterocycles. The Bertz CT molecular complexity index is 723. The average molecular weight is 314 g/mol. The van der Waals surface area contributed by atoms with Gasteiger partial charge in [-0.2, -0.15) is 9.64 Å². The quantitative estimate of drug-likeness (QED) is 0.763. The molecule has 0 bridgehead atoms. The van der Waals surface area contributed by atoms with Gasteiger partial charge < -0.3 is 4.74 Å². The largest absolute Gasteiger partial charge is 0.443 e. The van der Waals surface area contributed by atoms with Gasteiger partial charge in [0, 0.05) is 16.9 Å². The molecule has 1 aromatic heterocycles. The molecule has 0 amide bonds. The molecule has 3 nitrogen and oxygen atoms in total. The molecular weight excluding hydrogens is 292 g/mol. The summed E-state index contributed by atoms with van der Waals surface area (Å²) < 4.78 is 10.5. The number of ether oxygens (including phenoxy) is 1. The first-order chi connectivity index (χ1) is 10.3. The van der Waals surface area contributed by atoms with Gasteiger partial charge in [0.2, 0.25) is 5.06 Å². The maximum absolute atomic E-state index is 9.57. The van der Waals surface area contributed by atoms with E-state index < -0.39 is 0 Å². The van der Waals surface area contributed by atoms with E-state index in [1.54, 1.807) is 0 Å². The highest BCUT2D eigenvalue weighted by Gasteiger charge is 2.32. The highest BCUT2D eigenvalue weighted by atomic mass is 32.1. The minimum absolute atomic E-state index is 0.162. The lowest BCUT2D eigenvalue weighted by molar-refractivity contribution is 0.363. The van der Waals surface area contributed by atoms with Gasteiger partial charge in [0.1, 0.15) is 17.4 Å². The first-order valence-electron chi connectivity index (χ1n) is 7.42. The lowest BCUT2D eigenvalue weighted by atomic mass is 9.77. The van der Waals surface area contributed by atoms with Crippen LogP contribution in [0.2, 0.25) is 0 Å². The number of hydrogen-bond donors (Lipinski definition) is 0. The third kappa shape index (κ3) is 3.00. The van der Waals surface area contributed by atoms with E-state index in [-0.39, 0.29) is 5.41 Å². The maximum Gasteiger partial charge on any atom is 0.218 e. The zero-order valence-corrected chi connectivity index (χ0v) is 14.8. The molecule has 2 aromatic rings. The smallest absolute Gasteiger partial charge is 0.218 e. The predicted molar refractivity (Wildman–Crippen MR) is 90.7 cm³/mol. The molecule has 0 fully saturated rings. The standard InChI is InChI=1S/C18H22N2OS/c1-11(2)18(5,6)16-14(10-19)17(22-20-16)21-15-9-12(3)7-8-13(15)4/h7-9,11H,1-6H3. The van der Waals surface area contributed by atoms with E-state index in [1.165, 1.54) is 11.5 Å². The summed E-state index contributed by atoms with van der Waals surface area (Å²) in [7, 11) is 0. The van der Waals surface area contributed by atoms with Crippen molar-refractivity contribution < 1.29 is 4.74 Å². The molecular formula is C18H22N2OS. The molecule has 4 heteroatoms. The van der Waals surface area contributed by atoms with Crippen LogP contribution >= 0.6 is 11.5 Å². The zero-order chi connectivity index (χ0) is 16.5. The van der Waals surface area contributed by atoms with Crippen molar-refractivity contribution in [2.24, 2.45) is 5.92 Å². The third-order valence-electron chi connectivity index (χ3n) is 4.37. The minimum Gasteiger partial charge on any atom is -0.443 e. The Labute approximate surface area is 136 Å². The number of nitriles is 1. The lowest BCUT2D eigenvalue weighted by Gasteiger charge is -2.27. The van der Waals surface area contributed by atoms with Crippen LogP contribution in [0.4, 0.5) is 0 Å². The second-order valence-electron chi connectivity index (χ2n) is 6.55. The van der Waals surface area contributed by atoms with Gasteiger partial charge in [-0.25, -0.2) is 0 Å². The van der Waals surface area contributed by atoms with Crippen molar-refractivity contribution >= 4 is 11.5 Å². The van der Waals surface area contributed by atoms with Gasteiger partial charge in [-0.3, -0.25) is 0 Å². The fourth-order valence-electron chi connectivity index (χ4n) is 2.07. The van der Waals surface area contributed by atoms with E-state index >= 15 is 0 Å². The van der Waals surface area contributed by atoms with E-state index in [4.69, 9.17) is 4.74 Å². The van der Waals surface area contributed by atoms with Crippen LogP contribution in [0.15, 0.2) is 18.2 Å². The third-order valence-corrected chi connectivity index (χ3v) is 5.10. The van der Waals surface area contributed by atoms with Crippen molar-refractivity contribution in [3.8, 4) is 16.9 Å². The van der Waals surface area contributed by atoms with Crippen LogP contribution in [-0.4, -0.2) is 4.37 Å². The molecule has 1 aromatic carbocycles. The Morgan fingerprint density at radius 2 is 1.95 bits per heavy atom. The van der Waals surface area contributed by atoms with Crippen LogP contribution < -0.4 is 4.74 Å². The maximum atomic E-state index is 9.57. The first-order valence-corrected chi connectivity index (χ1v) is 8.20. The van der Waals surface area contributed by atoms with Gasteiger partial charge in [0.25, 0.3) is 0 Å². The number of aromatic nitrogens is 1. The molecule has 22 heavy (non-hydrogen) atoms. The van der Waals surface area contributed by atoms with Gasteiger partial charge in [0.15, 0.2) is 0 Å². The van der Waals surface area contributed by atoms with Crippen LogP contribution in [0.3, 0.4) is 0 Å². The number of benzene rings is 1. The summed E-state index contributed by atoms with van der Waals surface area (Å²) in [4.78, 5) is 0. The van der Waals surface area contributed by atoms with E-state index in [2.05, 4.69) is 38.1 Å². The van der Waals surface area contributed by atoms with Crippen LogP contribution in [-0.2, 0) is 5.41 Å². The van der Waals surface area contributed by atoms with Crippen molar-refractivity contribution in [1.82, 2.24) is 4.37 Å². The molecule has 0 aliphatic carbocycles. The Morgan fingerprint density at radius 1 is 1.27 bits per heavy atom. The molecule has 0 radical (unpaired) electrons. The van der Waals surface area contributed by atoms with Crippen molar-refractivity contribution in [2.75, 3.05) is 0 Å². The average Bonchev–Trinajstić information content (AvgIpc) is 2.86. The van der Waals surface area contributed by atoms with Gasteiger partial charge >= 0.3 is 0 Å². The molecule has 116 valence electrons. The zero-order valence-electron chi connectivity index (χ0n) is 14.0. The normalized spacial score (nSPS) is 11.5. The van der Waals surface area contributed by atoms with Crippen LogP contribution in [0.25, 0.3) is 0 Å². The molecule has 0 aliphatic heterocycles. The lowest BCUT2D eigenvalue weighted by Crippen LogP contribution is -2.25. The first kappa shape index (κ1) is 16.5. The minimum atomic E-state index is -0.162. The fourth-order valence-corrected chi connectivity index (χ4v) is 2.94. The predicted octanol–water partition coefficient (Wildman–Crippen LogP) is 5.36. The Morgan fingerprint density at radius 3 is 2.55 bits per heavy atom. The fraction of sp³-hybridized carbons (Fsp3) is 0.444. The van der Waals surface area contributed by atoms with E-state index in [0.717, 1.165) is 22.6 Å². The van der Waals surface area contributed by atoms with Crippen LogP contribution in [0, 0.1) is 31.1 Å². The van der Waals surface area contributed by atoms with Gasteiger partial charge in [-0.05, 0) is 37.0 Å². The molecule has 0 N–H and O–H groups in total. The Balaban J connectivity index is 2.44. The highest BCUT2D eigenvalue weighted by molar-refractivity contribution is 7.08. The van der Waals surface area contributed by atoms with Gasteiger partial charge in [-0.1, -0.05) is 39.8 Å². The van der Waals surface area contributed by atoms with Crippen molar-refractivity contribution in [1.29, 1.82) is 5.26 Å². The second-order valence-corrected chi connectivity index (χ2v) is 7.29. The molecule has 0 saturated heterocycles. The SMILES string of the molecule is Cc1ccc(C)c(Oc2snc(C(C)(C)C(C)C)c2C#N)c1. The summed E-state index contributed by atoms with van der Waals surface area (Å²) in [5, 5.41) is 10.2. The van der Waals surface area contributed by atoms with Crippen molar-refractivity contribution in [3.63, 3.8) is 0 Å². The molecule has 0 saturated carbocycles. The van der Waals surface area contributed by atoms with E-state index in [0.29, 0.717) is 16.5 Å². The summed E-state index contributed by atoms with van der Waals surface area (Å²) in [6.45, 7) is 12.6. The summed E-state index contributed by atoms with van der Waals surface area (Å²) in [5.41, 5.74) is 3.41. The van der Waals surface area contributed by atoms with Crippen molar-refractivity contribution in [3.05, 3.63) is 40.6 Å². The van der Waals surface area contributed by atoms with Gasteiger partial charge in [-0.15, -0.1) is 0 Å². The summed E-state index contributed by atoms with van der Waals surface area (Å²) in [6.07, 6.45) is 0. The number of hydrogen-bond acceptors (Lipinski definition) is 4. The van der Waals surface area contributed by atoms with Crippen LogP contribution in [0.5, 0.6) is 10.8 Å². The molecule has 0 atom stereocenters. The Hall–Kier alpha value is -1.86. The van der Waals surface area contributed by atoms with Gasteiger partial charge in [0.05, 0.1) is 5.69 Å². The van der Waals surface area contributed by atoms with E-state index in [9.17, 15) is 5.26 Å². The number of nitrogens with zero attached hydrogens (tertiary/aromatic N) is 2.